The normalized spacial score (nSPS) is 10.9. The Morgan fingerprint density at radius 2 is 1.74 bits per heavy atom. The molecule has 5 nitrogen and oxygen atoms in total. The van der Waals surface area contributed by atoms with Crippen LogP contribution in [0.1, 0.15) is 23.4 Å². The molecule has 1 N–H and O–H groups in total. The highest BCUT2D eigenvalue weighted by Crippen LogP contribution is 2.17. The molecule has 4 rings (SSSR count). The van der Waals surface area contributed by atoms with Crippen molar-refractivity contribution in [2.24, 2.45) is 0 Å². The Bertz CT molecular complexity index is 1280. The molecule has 6 heteroatoms. The topological polar surface area (TPSA) is 64.0 Å². The standard InChI is InChI=1S/C25H22FN3O2/c1-17-27-23-13-12-21(28-24(30)14-9-18-5-3-2-4-6-18)15-22(23)25(31)29(17)16-19-7-10-20(26)11-8-19/h2-8,10-13,15H,9,14,16H2,1H3,(H,28,30). The second kappa shape index (κ2) is 8.92. The Morgan fingerprint density at radius 1 is 1.00 bits per heavy atom. The molecule has 0 saturated carbocycles. The summed E-state index contributed by atoms with van der Waals surface area (Å²) in [6, 6.07) is 21.0. The molecule has 4 aromatic rings. The van der Waals surface area contributed by atoms with Crippen LogP contribution in [0.25, 0.3) is 10.9 Å². The first-order valence-electron chi connectivity index (χ1n) is 10.1. The first-order chi connectivity index (χ1) is 15.0. The molecule has 0 bridgehead atoms. The number of nitrogens with zero attached hydrogens (tertiary/aromatic N) is 2. The van der Waals surface area contributed by atoms with Crippen LogP contribution >= 0.6 is 0 Å². The van der Waals surface area contributed by atoms with Gasteiger partial charge in [-0.1, -0.05) is 42.5 Å². The van der Waals surface area contributed by atoms with Crippen molar-refractivity contribution in [2.75, 3.05) is 5.32 Å². The summed E-state index contributed by atoms with van der Waals surface area (Å²) in [5.41, 5.74) is 2.83. The quantitative estimate of drug-likeness (QED) is 0.506. The molecule has 0 spiro atoms. The minimum Gasteiger partial charge on any atom is -0.326 e. The summed E-state index contributed by atoms with van der Waals surface area (Å²) in [6.45, 7) is 2.06. The van der Waals surface area contributed by atoms with Crippen LogP contribution in [-0.2, 0) is 17.8 Å². The number of amides is 1. The molecule has 0 saturated heterocycles. The largest absolute Gasteiger partial charge is 0.326 e. The van der Waals surface area contributed by atoms with Gasteiger partial charge in [-0.2, -0.15) is 0 Å². The molecule has 0 atom stereocenters. The average molecular weight is 415 g/mol. The predicted molar refractivity (Wildman–Crippen MR) is 120 cm³/mol. The van der Waals surface area contributed by atoms with Crippen molar-refractivity contribution >= 4 is 22.5 Å². The molecule has 0 aliphatic rings. The van der Waals surface area contributed by atoms with E-state index in [-0.39, 0.29) is 17.3 Å². The van der Waals surface area contributed by atoms with Gasteiger partial charge in [-0.25, -0.2) is 9.37 Å². The summed E-state index contributed by atoms with van der Waals surface area (Å²) in [5, 5.41) is 3.29. The zero-order valence-electron chi connectivity index (χ0n) is 17.1. The average Bonchev–Trinajstić information content (AvgIpc) is 2.78. The van der Waals surface area contributed by atoms with Gasteiger partial charge in [-0.3, -0.25) is 14.2 Å². The van der Waals surface area contributed by atoms with Gasteiger partial charge in [0.2, 0.25) is 5.91 Å². The molecule has 0 aliphatic carbocycles. The van der Waals surface area contributed by atoms with Crippen molar-refractivity contribution < 1.29 is 9.18 Å². The van der Waals surface area contributed by atoms with Gasteiger partial charge in [0.05, 0.1) is 17.4 Å². The van der Waals surface area contributed by atoms with Crippen LogP contribution in [0.5, 0.6) is 0 Å². The van der Waals surface area contributed by atoms with Crippen molar-refractivity contribution in [1.29, 1.82) is 0 Å². The van der Waals surface area contributed by atoms with Gasteiger partial charge < -0.3 is 5.32 Å². The number of anilines is 1. The van der Waals surface area contributed by atoms with Crippen molar-refractivity contribution in [1.82, 2.24) is 9.55 Å². The van der Waals surface area contributed by atoms with Crippen LogP contribution in [-0.4, -0.2) is 15.5 Å². The molecule has 1 heterocycles. The second-order valence-corrected chi connectivity index (χ2v) is 7.44. The predicted octanol–water partition coefficient (Wildman–Crippen LogP) is 4.46. The molecule has 1 aromatic heterocycles. The summed E-state index contributed by atoms with van der Waals surface area (Å²) >= 11 is 0. The number of hydrogen-bond acceptors (Lipinski definition) is 3. The molecule has 3 aromatic carbocycles. The summed E-state index contributed by atoms with van der Waals surface area (Å²) in [5.74, 6) is 0.133. The lowest BCUT2D eigenvalue weighted by Gasteiger charge is -2.12. The maximum absolute atomic E-state index is 13.2. The fourth-order valence-electron chi connectivity index (χ4n) is 3.49. The highest BCUT2D eigenvalue weighted by atomic mass is 19.1. The van der Waals surface area contributed by atoms with E-state index in [1.807, 2.05) is 30.3 Å². The highest BCUT2D eigenvalue weighted by Gasteiger charge is 2.11. The van der Waals surface area contributed by atoms with Gasteiger partial charge in [-0.05, 0) is 54.8 Å². The number of carbonyl (C=O) groups excluding carboxylic acids is 1. The van der Waals surface area contributed by atoms with E-state index in [9.17, 15) is 14.0 Å². The molecular formula is C25H22FN3O2. The lowest BCUT2D eigenvalue weighted by molar-refractivity contribution is -0.116. The Kier molecular flexibility index (Phi) is 5.89. The van der Waals surface area contributed by atoms with E-state index < -0.39 is 0 Å². The van der Waals surface area contributed by atoms with Gasteiger partial charge in [0, 0.05) is 12.1 Å². The number of aromatic nitrogens is 2. The molecule has 0 fully saturated rings. The van der Waals surface area contributed by atoms with Gasteiger partial charge in [-0.15, -0.1) is 0 Å². The summed E-state index contributed by atoms with van der Waals surface area (Å²) in [7, 11) is 0. The third-order valence-corrected chi connectivity index (χ3v) is 5.17. The summed E-state index contributed by atoms with van der Waals surface area (Å²) in [4.78, 5) is 30.0. The molecule has 1 amide bonds. The Morgan fingerprint density at radius 3 is 2.48 bits per heavy atom. The molecule has 0 aliphatic heterocycles. The van der Waals surface area contributed by atoms with E-state index in [1.165, 1.54) is 12.1 Å². The summed E-state index contributed by atoms with van der Waals surface area (Å²) < 4.78 is 14.7. The van der Waals surface area contributed by atoms with Crippen LogP contribution in [0.4, 0.5) is 10.1 Å². The van der Waals surface area contributed by atoms with Crippen molar-refractivity contribution in [3.8, 4) is 0 Å². The van der Waals surface area contributed by atoms with Crippen molar-refractivity contribution in [3.63, 3.8) is 0 Å². The van der Waals surface area contributed by atoms with E-state index in [4.69, 9.17) is 0 Å². The van der Waals surface area contributed by atoms with Gasteiger partial charge in [0.15, 0.2) is 0 Å². The Hall–Kier alpha value is -3.80. The van der Waals surface area contributed by atoms with Crippen molar-refractivity contribution in [3.05, 3.63) is 106 Å². The lowest BCUT2D eigenvalue weighted by Crippen LogP contribution is -2.24. The smallest absolute Gasteiger partial charge is 0.261 e. The molecule has 0 unspecified atom stereocenters. The van der Waals surface area contributed by atoms with Crippen LogP contribution < -0.4 is 10.9 Å². The Balaban J connectivity index is 1.55. The molecule has 31 heavy (non-hydrogen) atoms. The van der Waals surface area contributed by atoms with Crippen LogP contribution in [0.3, 0.4) is 0 Å². The SMILES string of the molecule is Cc1nc2ccc(NC(=O)CCc3ccccc3)cc2c(=O)n1Cc1ccc(F)cc1. The molecule has 156 valence electrons. The number of benzene rings is 3. The number of hydrogen-bond donors (Lipinski definition) is 1. The second-order valence-electron chi connectivity index (χ2n) is 7.44. The monoisotopic (exact) mass is 415 g/mol. The van der Waals surface area contributed by atoms with Crippen LogP contribution in [0, 0.1) is 12.7 Å². The Labute approximate surface area is 179 Å². The van der Waals surface area contributed by atoms with Gasteiger partial charge >= 0.3 is 0 Å². The zero-order chi connectivity index (χ0) is 21.8. The van der Waals surface area contributed by atoms with E-state index >= 15 is 0 Å². The van der Waals surface area contributed by atoms with E-state index in [2.05, 4.69) is 10.3 Å². The zero-order valence-corrected chi connectivity index (χ0v) is 17.1. The number of fused-ring (bicyclic) bond motifs is 1. The fraction of sp³-hybridized carbons (Fsp3) is 0.160. The van der Waals surface area contributed by atoms with E-state index in [0.29, 0.717) is 41.8 Å². The molecule has 0 radical (unpaired) electrons. The third-order valence-electron chi connectivity index (χ3n) is 5.17. The minimum absolute atomic E-state index is 0.116. The first-order valence-corrected chi connectivity index (χ1v) is 10.1. The molecular weight excluding hydrogens is 393 g/mol. The number of carbonyl (C=O) groups is 1. The van der Waals surface area contributed by atoms with Crippen LogP contribution in [0.2, 0.25) is 0 Å². The maximum atomic E-state index is 13.2. The van der Waals surface area contributed by atoms with Gasteiger partial charge in [0.25, 0.3) is 5.56 Å². The number of aryl methyl sites for hydroxylation is 2. The number of rotatable bonds is 6. The van der Waals surface area contributed by atoms with Crippen molar-refractivity contribution in [2.45, 2.75) is 26.3 Å². The summed E-state index contributed by atoms with van der Waals surface area (Å²) in [6.07, 6.45) is 0.995. The third kappa shape index (κ3) is 4.86. The van der Waals surface area contributed by atoms with Crippen LogP contribution in [0.15, 0.2) is 77.6 Å². The lowest BCUT2D eigenvalue weighted by atomic mass is 10.1. The maximum Gasteiger partial charge on any atom is 0.261 e. The fourth-order valence-corrected chi connectivity index (χ4v) is 3.49. The highest BCUT2D eigenvalue weighted by molar-refractivity contribution is 5.93. The minimum atomic E-state index is -0.322. The first kappa shape index (κ1) is 20.5. The van der Waals surface area contributed by atoms with E-state index in [1.54, 1.807) is 41.8 Å². The van der Waals surface area contributed by atoms with Gasteiger partial charge in [0.1, 0.15) is 11.6 Å². The number of halogens is 1. The van der Waals surface area contributed by atoms with E-state index in [0.717, 1.165) is 11.1 Å². The number of nitrogens with one attached hydrogen (secondary N) is 1.